The Balaban J connectivity index is 0.00000133. The van der Waals surface area contributed by atoms with Crippen molar-refractivity contribution in [2.75, 3.05) is 13.1 Å². The molecule has 194 valence electrons. The van der Waals surface area contributed by atoms with Gasteiger partial charge in [0.05, 0.1) is 34.2 Å². The fraction of sp³-hybridized carbons (Fsp3) is 0.286. The van der Waals surface area contributed by atoms with E-state index in [0.29, 0.717) is 12.1 Å². The van der Waals surface area contributed by atoms with Gasteiger partial charge in [0, 0.05) is 5.71 Å². The van der Waals surface area contributed by atoms with Crippen molar-refractivity contribution >= 4 is 22.1 Å². The van der Waals surface area contributed by atoms with Gasteiger partial charge in [0.2, 0.25) is 0 Å². The minimum Gasteiger partial charge on any atom is -0.341 e. The normalized spacial score (nSPS) is 19.4. The number of hydrogen-bond donors (Lipinski definition) is 4. The van der Waals surface area contributed by atoms with Crippen molar-refractivity contribution in [2.24, 2.45) is 0 Å². The highest BCUT2D eigenvalue weighted by Crippen LogP contribution is 2.30. The summed E-state index contributed by atoms with van der Waals surface area (Å²) in [7, 11) is 0. The lowest BCUT2D eigenvalue weighted by molar-refractivity contribution is 0.614. The van der Waals surface area contributed by atoms with E-state index in [-0.39, 0.29) is 15.1 Å². The highest BCUT2D eigenvalue weighted by Gasteiger charge is 2.20. The van der Waals surface area contributed by atoms with Crippen molar-refractivity contribution in [3.63, 3.8) is 0 Å². The van der Waals surface area contributed by atoms with E-state index >= 15 is 0 Å². The maximum absolute atomic E-state index is 4.80. The predicted molar refractivity (Wildman–Crippen MR) is 150 cm³/mol. The first kappa shape index (κ1) is 24.1. The molecule has 0 bridgehead atoms. The van der Waals surface area contributed by atoms with Crippen molar-refractivity contribution in [3.05, 3.63) is 72.3 Å². The first-order valence-corrected chi connectivity index (χ1v) is 12.4. The van der Waals surface area contributed by atoms with Crippen LogP contribution in [0.15, 0.2) is 60.7 Å². The van der Waals surface area contributed by atoms with Gasteiger partial charge in [-0.25, -0.2) is 9.97 Å². The van der Waals surface area contributed by atoms with Crippen LogP contribution in [0.2, 0.25) is 0 Å². The summed E-state index contributed by atoms with van der Waals surface area (Å²) in [6.07, 6.45) is 4.73. The molecule has 2 saturated heterocycles. The Kier molecular flexibility index (Phi) is 6.55. The van der Waals surface area contributed by atoms with Crippen molar-refractivity contribution in [1.29, 1.82) is 0 Å². The number of H-pyrrole nitrogens is 2. The fourth-order valence-corrected chi connectivity index (χ4v) is 5.44. The number of aromatic nitrogens is 4. The molecule has 2 atom stereocenters. The summed E-state index contributed by atoms with van der Waals surface area (Å²) >= 11 is 0. The van der Waals surface area contributed by atoms with E-state index in [0.717, 1.165) is 59.6 Å². The molecule has 2 aromatic heterocycles. The van der Waals surface area contributed by atoms with Gasteiger partial charge < -0.3 is 20.6 Å². The minimum absolute atomic E-state index is 0. The van der Waals surface area contributed by atoms with Gasteiger partial charge in [-0.1, -0.05) is 36.4 Å². The monoisotopic (exact) mass is 496 g/mol. The average molecular weight is 497 g/mol. The smallest absolute Gasteiger partial charge is 0.124 e. The minimum atomic E-state index is 0. The summed E-state index contributed by atoms with van der Waals surface area (Å²) < 4.78 is 0. The van der Waals surface area contributed by atoms with Crippen LogP contribution in [0.25, 0.3) is 44.3 Å². The summed E-state index contributed by atoms with van der Waals surface area (Å²) in [4.78, 5) is 16.7. The van der Waals surface area contributed by atoms with E-state index in [2.05, 4.69) is 81.3 Å². The van der Waals surface area contributed by atoms with Crippen LogP contribution in [-0.4, -0.2) is 33.0 Å². The number of aromatic amines is 2. The summed E-state index contributed by atoms with van der Waals surface area (Å²) in [5, 5.41) is 7.05. The van der Waals surface area contributed by atoms with Gasteiger partial charge in [-0.05, 0) is 85.3 Å². The molecule has 1 unspecified atom stereocenters. The summed E-state index contributed by atoms with van der Waals surface area (Å²) in [6, 6.07) is 22.5. The highest BCUT2D eigenvalue weighted by atomic mass is 19.0. The molecule has 0 spiro atoms. The van der Waals surface area contributed by atoms with E-state index < -0.39 is 0 Å². The molecular formula is C28H38F2N6. The lowest BCUT2D eigenvalue weighted by atomic mass is 10.00. The quantitative estimate of drug-likeness (QED) is 0.218. The lowest BCUT2D eigenvalue weighted by Gasteiger charge is -2.06. The standard InChI is InChI=1S/C28H28N6.2FH.4H2/c1-3-23(29-13-1)27-31-21-11-9-19(15-25(21)33-27)17-5-7-18(8-6-17)20-10-12-22-26(16-20)34-28(32-22)24-4-2-14-30-24;;;;;;/h5-12,15-16,23-24,29-30H,1-4,13-14H2,(H,31,33)(H,32,34);6*1H/t23-,24?;;;;;;/m0....../s1. The van der Waals surface area contributed by atoms with E-state index in [1.165, 1.54) is 35.1 Å². The zero-order chi connectivity index (χ0) is 22.5. The van der Waals surface area contributed by atoms with Gasteiger partial charge in [-0.2, -0.15) is 0 Å². The molecule has 2 fully saturated rings. The lowest BCUT2D eigenvalue weighted by Crippen LogP contribution is -2.13. The van der Waals surface area contributed by atoms with Gasteiger partial charge in [0.25, 0.3) is 0 Å². The molecule has 6 nitrogen and oxygen atoms in total. The first-order chi connectivity index (χ1) is 16.8. The second kappa shape index (κ2) is 9.79. The van der Waals surface area contributed by atoms with Crippen molar-refractivity contribution in [1.82, 2.24) is 30.6 Å². The number of halogens is 2. The average Bonchev–Trinajstić information content (AvgIpc) is 3.69. The Morgan fingerprint density at radius 2 is 1.00 bits per heavy atom. The molecule has 4 N–H and O–H groups in total. The van der Waals surface area contributed by atoms with Crippen LogP contribution in [0, 0.1) is 0 Å². The second-order valence-electron chi connectivity index (χ2n) is 9.58. The maximum Gasteiger partial charge on any atom is 0.124 e. The van der Waals surface area contributed by atoms with Crippen LogP contribution >= 0.6 is 0 Å². The molecular weight excluding hydrogens is 458 g/mol. The van der Waals surface area contributed by atoms with Gasteiger partial charge in [0.1, 0.15) is 11.6 Å². The fourth-order valence-electron chi connectivity index (χ4n) is 5.44. The molecule has 36 heavy (non-hydrogen) atoms. The van der Waals surface area contributed by atoms with Crippen molar-refractivity contribution in [3.8, 4) is 22.3 Å². The largest absolute Gasteiger partial charge is 0.341 e. The van der Waals surface area contributed by atoms with Crippen LogP contribution in [0.1, 0.15) is 55.1 Å². The number of hydrogen-bond acceptors (Lipinski definition) is 4. The van der Waals surface area contributed by atoms with Crippen LogP contribution in [-0.2, 0) is 0 Å². The number of nitrogens with zero attached hydrogens (tertiary/aromatic N) is 2. The molecule has 8 heteroatoms. The first-order valence-electron chi connectivity index (χ1n) is 12.4. The molecule has 0 saturated carbocycles. The zero-order valence-corrected chi connectivity index (χ0v) is 19.9. The summed E-state index contributed by atoms with van der Waals surface area (Å²) in [5.74, 6) is 2.11. The van der Waals surface area contributed by atoms with Crippen LogP contribution in [0.4, 0.5) is 9.41 Å². The molecule has 0 amide bonds. The number of benzene rings is 3. The van der Waals surface area contributed by atoms with Crippen molar-refractivity contribution in [2.45, 2.75) is 37.8 Å². The van der Waals surface area contributed by atoms with E-state index in [1.807, 2.05) is 0 Å². The molecule has 2 aliphatic rings. The van der Waals surface area contributed by atoms with Gasteiger partial charge in [-0.3, -0.25) is 9.41 Å². The second-order valence-corrected chi connectivity index (χ2v) is 9.58. The molecule has 4 heterocycles. The molecule has 7 rings (SSSR count). The Bertz CT molecular complexity index is 1380. The third kappa shape index (κ3) is 4.27. The summed E-state index contributed by atoms with van der Waals surface area (Å²) in [5.41, 5.74) is 9.08. The van der Waals surface area contributed by atoms with E-state index in [1.54, 1.807) is 0 Å². The number of fused-ring (bicyclic) bond motifs is 2. The zero-order valence-electron chi connectivity index (χ0n) is 19.9. The molecule has 2 aliphatic heterocycles. The molecule has 0 radical (unpaired) electrons. The molecule has 0 aliphatic carbocycles. The van der Waals surface area contributed by atoms with Gasteiger partial charge >= 0.3 is 0 Å². The number of nitrogens with one attached hydrogen (secondary N) is 4. The third-order valence-corrected chi connectivity index (χ3v) is 7.33. The van der Waals surface area contributed by atoms with Crippen LogP contribution in [0.3, 0.4) is 0 Å². The Labute approximate surface area is 213 Å². The summed E-state index contributed by atoms with van der Waals surface area (Å²) in [6.45, 7) is 2.15. The molecule has 5 aromatic rings. The Hall–Kier alpha value is -3.62. The number of imidazole rings is 2. The number of rotatable bonds is 4. The van der Waals surface area contributed by atoms with E-state index in [4.69, 9.17) is 9.97 Å². The topological polar surface area (TPSA) is 81.4 Å². The van der Waals surface area contributed by atoms with Gasteiger partial charge in [0.15, 0.2) is 0 Å². The van der Waals surface area contributed by atoms with Crippen LogP contribution < -0.4 is 10.6 Å². The highest BCUT2D eigenvalue weighted by molar-refractivity contribution is 5.84. The Morgan fingerprint density at radius 3 is 1.39 bits per heavy atom. The third-order valence-electron chi connectivity index (χ3n) is 7.33. The SMILES string of the molecule is F.F.[HH].[HH].[HH].[HH].c1cc(-c2ccc3nc([C@@H]4CCCN4)[nH]c3c2)ccc1-c1ccc2nc(C3CCCN3)[nH]c2c1. The molecule has 3 aromatic carbocycles. The van der Waals surface area contributed by atoms with Gasteiger partial charge in [-0.15, -0.1) is 0 Å². The van der Waals surface area contributed by atoms with Crippen molar-refractivity contribution < 1.29 is 15.1 Å². The Morgan fingerprint density at radius 1 is 0.583 bits per heavy atom. The maximum atomic E-state index is 4.80. The van der Waals surface area contributed by atoms with Crippen LogP contribution in [0.5, 0.6) is 0 Å². The van der Waals surface area contributed by atoms with E-state index in [9.17, 15) is 0 Å². The predicted octanol–water partition coefficient (Wildman–Crippen LogP) is 6.91.